The fourth-order valence-electron chi connectivity index (χ4n) is 3.32. The van der Waals surface area contributed by atoms with Crippen LogP contribution in [0.1, 0.15) is 5.56 Å². The lowest BCUT2D eigenvalue weighted by atomic mass is 10.2. The van der Waals surface area contributed by atoms with Gasteiger partial charge in [-0.1, -0.05) is 17.7 Å². The van der Waals surface area contributed by atoms with Gasteiger partial charge in [-0.25, -0.2) is 4.39 Å². The molecule has 6 nitrogen and oxygen atoms in total. The fourth-order valence-corrected chi connectivity index (χ4v) is 3.54. The number of hydrogen-bond acceptors (Lipinski definition) is 5. The number of nitrogens with zero attached hydrogens (tertiary/aromatic N) is 2. The Balaban J connectivity index is 1.51. The van der Waals surface area contributed by atoms with E-state index in [0.717, 1.165) is 26.2 Å². The van der Waals surface area contributed by atoms with Gasteiger partial charge < -0.3 is 14.8 Å². The molecule has 2 aromatic carbocycles. The molecule has 0 aromatic heterocycles. The number of amides is 1. The van der Waals surface area contributed by atoms with Gasteiger partial charge >= 0.3 is 0 Å². The molecule has 0 bridgehead atoms. The molecule has 156 valence electrons. The second-order valence-corrected chi connectivity index (χ2v) is 7.27. The highest BCUT2D eigenvalue weighted by molar-refractivity contribution is 6.31. The van der Waals surface area contributed by atoms with E-state index in [1.807, 2.05) is 0 Å². The van der Waals surface area contributed by atoms with Crippen LogP contribution in [0.3, 0.4) is 0 Å². The van der Waals surface area contributed by atoms with Crippen LogP contribution in [0.15, 0.2) is 36.4 Å². The van der Waals surface area contributed by atoms with Crippen LogP contribution in [-0.4, -0.2) is 62.7 Å². The Morgan fingerprint density at radius 2 is 1.83 bits per heavy atom. The Morgan fingerprint density at radius 1 is 1.10 bits per heavy atom. The molecule has 8 heteroatoms. The van der Waals surface area contributed by atoms with E-state index in [4.69, 9.17) is 21.1 Å². The monoisotopic (exact) mass is 421 g/mol. The lowest BCUT2D eigenvalue weighted by Crippen LogP contribution is -2.48. The van der Waals surface area contributed by atoms with E-state index >= 15 is 0 Å². The third-order valence-electron chi connectivity index (χ3n) is 4.96. The molecule has 2 aromatic rings. The molecule has 0 unspecified atom stereocenters. The number of halogens is 2. The summed E-state index contributed by atoms with van der Waals surface area (Å²) in [5, 5.41) is 3.33. The first kappa shape index (κ1) is 21.4. The van der Waals surface area contributed by atoms with Crippen LogP contribution in [0.25, 0.3) is 0 Å². The number of piperazine rings is 1. The molecule has 1 fully saturated rings. The van der Waals surface area contributed by atoms with Crippen molar-refractivity contribution in [2.45, 2.75) is 6.54 Å². The zero-order chi connectivity index (χ0) is 20.8. The van der Waals surface area contributed by atoms with Crippen LogP contribution in [0.2, 0.25) is 5.02 Å². The number of carbonyl (C=O) groups excluding carboxylic acids is 1. The Labute approximate surface area is 175 Å². The van der Waals surface area contributed by atoms with Crippen LogP contribution in [0.5, 0.6) is 11.5 Å². The van der Waals surface area contributed by atoms with Gasteiger partial charge in [-0.15, -0.1) is 0 Å². The largest absolute Gasteiger partial charge is 0.497 e. The van der Waals surface area contributed by atoms with Gasteiger partial charge in [0.15, 0.2) is 0 Å². The minimum Gasteiger partial charge on any atom is -0.497 e. The van der Waals surface area contributed by atoms with E-state index in [2.05, 4.69) is 15.1 Å². The molecule has 1 aliphatic rings. The second-order valence-electron chi connectivity index (χ2n) is 6.87. The van der Waals surface area contributed by atoms with Gasteiger partial charge in [0.1, 0.15) is 17.3 Å². The summed E-state index contributed by atoms with van der Waals surface area (Å²) in [4.78, 5) is 16.7. The second kappa shape index (κ2) is 9.91. The standard InChI is InChI=1S/C21H25ClFN3O3/c1-28-15-6-7-20(29-2)19(12-15)24-21(27)14-26-10-8-25(9-11-26)13-16-17(22)4-3-5-18(16)23/h3-7,12H,8-11,13-14H2,1-2H3,(H,24,27). The molecule has 1 N–H and O–H groups in total. The van der Waals surface area contributed by atoms with Crippen molar-refractivity contribution >= 4 is 23.2 Å². The highest BCUT2D eigenvalue weighted by Crippen LogP contribution is 2.29. The number of carbonyl (C=O) groups is 1. The van der Waals surface area contributed by atoms with Crippen molar-refractivity contribution in [3.63, 3.8) is 0 Å². The molecule has 0 radical (unpaired) electrons. The van der Waals surface area contributed by atoms with E-state index in [1.165, 1.54) is 6.07 Å². The van der Waals surface area contributed by atoms with Gasteiger partial charge in [0, 0.05) is 49.4 Å². The molecule has 3 rings (SSSR count). The molecule has 1 heterocycles. The topological polar surface area (TPSA) is 54.0 Å². The van der Waals surface area contributed by atoms with Crippen LogP contribution < -0.4 is 14.8 Å². The van der Waals surface area contributed by atoms with Crippen LogP contribution in [-0.2, 0) is 11.3 Å². The summed E-state index contributed by atoms with van der Waals surface area (Å²) >= 11 is 6.12. The van der Waals surface area contributed by atoms with Gasteiger partial charge in [0.2, 0.25) is 5.91 Å². The third-order valence-corrected chi connectivity index (χ3v) is 5.31. The maximum absolute atomic E-state index is 14.0. The Morgan fingerprint density at radius 3 is 2.48 bits per heavy atom. The average Bonchev–Trinajstić information content (AvgIpc) is 2.72. The Kier molecular flexibility index (Phi) is 7.30. The maximum Gasteiger partial charge on any atom is 0.238 e. The van der Waals surface area contributed by atoms with E-state index < -0.39 is 0 Å². The normalized spacial score (nSPS) is 15.2. The first-order valence-corrected chi connectivity index (χ1v) is 9.77. The molecule has 0 saturated carbocycles. The minimum absolute atomic E-state index is 0.123. The van der Waals surface area contributed by atoms with Crippen molar-refractivity contribution in [3.8, 4) is 11.5 Å². The number of ether oxygens (including phenoxy) is 2. The summed E-state index contributed by atoms with van der Waals surface area (Å²) in [7, 11) is 3.12. The molecule has 1 amide bonds. The average molecular weight is 422 g/mol. The molecule has 1 saturated heterocycles. The van der Waals surface area contributed by atoms with Gasteiger partial charge in [0.25, 0.3) is 0 Å². The van der Waals surface area contributed by atoms with E-state index in [9.17, 15) is 9.18 Å². The number of anilines is 1. The third kappa shape index (κ3) is 5.59. The summed E-state index contributed by atoms with van der Waals surface area (Å²) in [5.41, 5.74) is 1.09. The summed E-state index contributed by atoms with van der Waals surface area (Å²) < 4.78 is 24.5. The summed E-state index contributed by atoms with van der Waals surface area (Å²) in [5.74, 6) is 0.806. The predicted octanol–water partition coefficient (Wildman–Crippen LogP) is 3.25. The minimum atomic E-state index is -0.286. The van der Waals surface area contributed by atoms with Crippen molar-refractivity contribution in [2.24, 2.45) is 0 Å². The lowest BCUT2D eigenvalue weighted by Gasteiger charge is -2.34. The molecular formula is C21H25ClFN3O3. The Bertz CT molecular complexity index is 837. The number of rotatable bonds is 7. The zero-order valence-corrected chi connectivity index (χ0v) is 17.3. The number of nitrogens with one attached hydrogen (secondary N) is 1. The Hall–Kier alpha value is -2.35. The van der Waals surface area contributed by atoms with Crippen LogP contribution >= 0.6 is 11.6 Å². The van der Waals surface area contributed by atoms with Gasteiger partial charge in [-0.05, 0) is 24.3 Å². The van der Waals surface area contributed by atoms with Crippen LogP contribution in [0.4, 0.5) is 10.1 Å². The quantitative estimate of drug-likeness (QED) is 0.743. The van der Waals surface area contributed by atoms with E-state index in [-0.39, 0.29) is 18.3 Å². The lowest BCUT2D eigenvalue weighted by molar-refractivity contribution is -0.117. The first-order chi connectivity index (χ1) is 14.0. The summed E-state index contributed by atoms with van der Waals surface area (Å²) in [6.07, 6.45) is 0. The number of hydrogen-bond donors (Lipinski definition) is 1. The van der Waals surface area contributed by atoms with Crippen molar-refractivity contribution in [1.29, 1.82) is 0 Å². The SMILES string of the molecule is COc1ccc(OC)c(NC(=O)CN2CCN(Cc3c(F)cccc3Cl)CC2)c1. The van der Waals surface area contributed by atoms with Gasteiger partial charge in [0.05, 0.1) is 26.5 Å². The van der Waals surface area contributed by atoms with Gasteiger partial charge in [-0.2, -0.15) is 0 Å². The van der Waals surface area contributed by atoms with Crippen molar-refractivity contribution in [3.05, 3.63) is 52.8 Å². The maximum atomic E-state index is 14.0. The zero-order valence-electron chi connectivity index (χ0n) is 16.6. The first-order valence-electron chi connectivity index (χ1n) is 9.39. The highest BCUT2D eigenvalue weighted by Gasteiger charge is 2.21. The smallest absolute Gasteiger partial charge is 0.238 e. The molecule has 0 aliphatic carbocycles. The summed E-state index contributed by atoms with van der Waals surface area (Å²) in [6.45, 7) is 3.64. The van der Waals surface area contributed by atoms with Crippen molar-refractivity contribution in [1.82, 2.24) is 9.80 Å². The predicted molar refractivity (Wildman–Crippen MR) is 111 cm³/mol. The van der Waals surface area contributed by atoms with Gasteiger partial charge in [-0.3, -0.25) is 14.6 Å². The molecule has 1 aliphatic heterocycles. The van der Waals surface area contributed by atoms with Crippen molar-refractivity contribution in [2.75, 3.05) is 52.3 Å². The fraction of sp³-hybridized carbons (Fsp3) is 0.381. The number of methoxy groups -OCH3 is 2. The van der Waals surface area contributed by atoms with Crippen molar-refractivity contribution < 1.29 is 18.7 Å². The van der Waals surface area contributed by atoms with E-state index in [1.54, 1.807) is 44.6 Å². The molecular weight excluding hydrogens is 397 g/mol. The molecule has 0 atom stereocenters. The molecule has 0 spiro atoms. The van der Waals surface area contributed by atoms with E-state index in [0.29, 0.717) is 34.3 Å². The highest BCUT2D eigenvalue weighted by atomic mass is 35.5. The van der Waals surface area contributed by atoms with Crippen LogP contribution in [0, 0.1) is 5.82 Å². The number of benzene rings is 2. The summed E-state index contributed by atoms with van der Waals surface area (Å²) in [6, 6.07) is 9.99. The molecule has 29 heavy (non-hydrogen) atoms.